The number of hydrogen-bond acceptors (Lipinski definition) is 16. The third-order valence-electron chi connectivity index (χ3n) is 17.3. The van der Waals surface area contributed by atoms with Crippen LogP contribution in [-0.2, 0) is 49.3 Å². The Kier molecular flexibility index (Phi) is 16.6. The summed E-state index contributed by atoms with van der Waals surface area (Å²) in [7, 11) is 1.48. The fourth-order valence-corrected chi connectivity index (χ4v) is 13.1. The van der Waals surface area contributed by atoms with E-state index in [9.17, 15) is 39.6 Å². The second-order valence-electron chi connectivity index (χ2n) is 21.9. The summed E-state index contributed by atoms with van der Waals surface area (Å²) in [5.41, 5.74) is -0.330. The molecule has 0 bridgehead atoms. The Morgan fingerprint density at radius 2 is 1.51 bits per heavy atom. The maximum Gasteiger partial charge on any atom is 0.407 e. The average Bonchev–Trinajstić information content (AvgIpc) is 3.59. The number of aliphatic hydroxyl groups excluding tert-OH is 3. The van der Waals surface area contributed by atoms with Crippen molar-refractivity contribution in [3.05, 3.63) is 77.4 Å². The zero-order valence-electron chi connectivity index (χ0n) is 42.6. The molecule has 5 N–H and O–H groups in total. The van der Waals surface area contributed by atoms with Gasteiger partial charge in [0.05, 0.1) is 32.0 Å². The molecule has 17 atom stereocenters. The fraction of sp³-hybridized carbons (Fsp3) is 0.673. The van der Waals surface area contributed by atoms with E-state index < -0.39 is 96.9 Å². The van der Waals surface area contributed by atoms with E-state index >= 15 is 0 Å². The van der Waals surface area contributed by atoms with Crippen molar-refractivity contribution in [2.45, 2.75) is 173 Å². The van der Waals surface area contributed by atoms with Gasteiger partial charge >= 0.3 is 18.0 Å². The molecule has 0 radical (unpaired) electrons. The van der Waals surface area contributed by atoms with Crippen LogP contribution in [0.15, 0.2) is 66.2 Å². The molecule has 6 aliphatic rings. The molecular formula is C55H75NO16. The molecule has 5 fully saturated rings. The fourth-order valence-electron chi connectivity index (χ4n) is 13.1. The van der Waals surface area contributed by atoms with Gasteiger partial charge in [-0.2, -0.15) is 0 Å². The summed E-state index contributed by atoms with van der Waals surface area (Å²) >= 11 is 0. The van der Waals surface area contributed by atoms with Crippen molar-refractivity contribution in [1.29, 1.82) is 0 Å². The number of ketones is 1. The quantitative estimate of drug-likeness (QED) is 0.0742. The van der Waals surface area contributed by atoms with Crippen LogP contribution in [0.2, 0.25) is 0 Å². The summed E-state index contributed by atoms with van der Waals surface area (Å²) in [6.07, 6.45) is -6.03. The van der Waals surface area contributed by atoms with Crippen molar-refractivity contribution >= 4 is 23.8 Å². The smallest absolute Gasteiger partial charge is 0.407 e. The summed E-state index contributed by atoms with van der Waals surface area (Å²) < 4.78 is 47.9. The zero-order chi connectivity index (χ0) is 51.7. The first-order valence-electron chi connectivity index (χ1n) is 25.8. The Balaban J connectivity index is 1.04. The van der Waals surface area contributed by atoms with E-state index in [4.69, 9.17) is 37.9 Å². The van der Waals surface area contributed by atoms with Gasteiger partial charge in [0.1, 0.15) is 47.7 Å². The largest absolute Gasteiger partial charge is 0.497 e. The van der Waals surface area contributed by atoms with Crippen LogP contribution in [-0.4, -0.2) is 132 Å². The summed E-state index contributed by atoms with van der Waals surface area (Å²) in [5.74, 6) is -1.60. The summed E-state index contributed by atoms with van der Waals surface area (Å²) in [6.45, 7) is 11.0. The van der Waals surface area contributed by atoms with E-state index in [0.29, 0.717) is 44.4 Å². The van der Waals surface area contributed by atoms with Crippen LogP contribution in [0, 0.1) is 40.4 Å². The third kappa shape index (κ3) is 10.7. The molecule has 17 heteroatoms. The van der Waals surface area contributed by atoms with E-state index in [1.807, 2.05) is 30.3 Å². The number of nitrogens with one attached hydrogen (secondary N) is 1. The lowest BCUT2D eigenvalue weighted by molar-refractivity contribution is -0.345. The van der Waals surface area contributed by atoms with Crippen molar-refractivity contribution in [2.24, 2.45) is 40.4 Å². The van der Waals surface area contributed by atoms with Crippen LogP contribution in [0.4, 0.5) is 4.79 Å². The molecule has 2 aromatic carbocycles. The van der Waals surface area contributed by atoms with E-state index in [1.54, 1.807) is 19.1 Å². The number of aliphatic hydroxyl groups is 4. The van der Waals surface area contributed by atoms with Crippen LogP contribution in [0.25, 0.3) is 0 Å². The number of amides is 1. The number of allylic oxidation sites excluding steroid dienone is 1. The number of rotatable bonds is 16. The predicted molar refractivity (Wildman–Crippen MR) is 259 cm³/mol. The molecule has 4 aliphatic carbocycles. The lowest BCUT2D eigenvalue weighted by Crippen LogP contribution is -2.64. The van der Waals surface area contributed by atoms with Crippen LogP contribution in [0.5, 0.6) is 5.75 Å². The van der Waals surface area contributed by atoms with E-state index in [0.717, 1.165) is 24.8 Å². The zero-order valence-corrected chi connectivity index (χ0v) is 42.6. The van der Waals surface area contributed by atoms with E-state index in [2.05, 4.69) is 39.1 Å². The lowest BCUT2D eigenvalue weighted by Gasteiger charge is -2.59. The van der Waals surface area contributed by atoms with Gasteiger partial charge in [-0.3, -0.25) is 9.59 Å². The van der Waals surface area contributed by atoms with Crippen molar-refractivity contribution in [2.75, 3.05) is 20.3 Å². The molecule has 0 aromatic heterocycles. The normalized spacial score (nSPS) is 37.7. The number of Topliss-reactive ketones (excluding diaryl/α,β-unsaturated/α-hetero) is 1. The summed E-state index contributed by atoms with van der Waals surface area (Å²) in [6, 6.07) is 15.7. The molecule has 3 saturated carbocycles. The molecule has 8 rings (SSSR count). The number of alkyl carbamates (subject to hydrolysis) is 1. The Hall–Kier alpha value is -4.46. The molecule has 17 nitrogen and oxygen atoms in total. The van der Waals surface area contributed by atoms with Gasteiger partial charge in [-0.15, -0.1) is 0 Å². The number of fused-ring (bicyclic) bond motifs is 5. The van der Waals surface area contributed by atoms with Crippen LogP contribution < -0.4 is 10.1 Å². The van der Waals surface area contributed by atoms with Gasteiger partial charge in [0, 0.05) is 37.6 Å². The molecule has 2 aromatic rings. The Morgan fingerprint density at radius 3 is 2.19 bits per heavy atom. The van der Waals surface area contributed by atoms with Gasteiger partial charge in [-0.05, 0) is 104 Å². The maximum absolute atomic E-state index is 14.3. The number of benzene rings is 2. The van der Waals surface area contributed by atoms with Crippen molar-refractivity contribution in [3.8, 4) is 5.75 Å². The van der Waals surface area contributed by atoms with Crippen LogP contribution in [0.1, 0.15) is 115 Å². The highest BCUT2D eigenvalue weighted by molar-refractivity contribution is 5.89. The summed E-state index contributed by atoms with van der Waals surface area (Å²) in [4.78, 5) is 53.6. The highest BCUT2D eigenvalue weighted by Crippen LogP contribution is 2.69. The molecule has 2 saturated heterocycles. The Morgan fingerprint density at radius 1 is 0.819 bits per heavy atom. The van der Waals surface area contributed by atoms with Gasteiger partial charge in [-0.25, -0.2) is 9.59 Å². The number of hydrogen-bond donors (Lipinski definition) is 5. The van der Waals surface area contributed by atoms with Gasteiger partial charge in [0.25, 0.3) is 0 Å². The lowest BCUT2D eigenvalue weighted by atomic mass is 9.46. The first-order chi connectivity index (χ1) is 34.3. The highest BCUT2D eigenvalue weighted by Gasteiger charge is 2.70. The molecule has 396 valence electrons. The standard InChI is InChI=1S/C55H75NO16/c1-30(2)13-20-41(58)31(3)55(64)44(26-40-38-19-16-35-25-37(69-52(63)56-27-33-11-9-8-10-12-33)21-23-53(35,5)39(38)22-24-54(40,55)6)70-51-48(68-32(4)57)46(43(60)29-67-51)72-50-47(45(61)42(59)28-66-50)71-49(62)34-14-17-36(65-7)18-15-34/h8-12,14-18,30-31,37-40,42-48,50-51,59-61,64H,13,19-29H2,1-7H3,(H,56,63)/t31-,37+,38-,39?,40+,42?,43?,44+,45?,46?,47?,48?,50?,51?,53+,54+,55-/m1/s1. The summed E-state index contributed by atoms with van der Waals surface area (Å²) in [5, 5.41) is 49.8. The molecular weight excluding hydrogens is 931 g/mol. The SMILES string of the molecule is COc1ccc(C(=O)OC2C(OC3C(O)COC(O[C@H]4C[C@H]5[C@@H]6CC=C7C[C@@H](OC(=O)NCc8ccccc8)CC[C@]7(C)C6CC[C@]5(C)[C@@]4(O)[C@H](C)C(=O)CCC(C)C)C3OC(C)=O)OCC(O)C2O)cc1. The van der Waals surface area contributed by atoms with Gasteiger partial charge < -0.3 is 63.6 Å². The first kappa shape index (κ1) is 53.8. The van der Waals surface area contributed by atoms with E-state index in [-0.39, 0.29) is 59.6 Å². The minimum absolute atomic E-state index is 0.0872. The van der Waals surface area contributed by atoms with Gasteiger partial charge in [0.2, 0.25) is 0 Å². The Labute approximate surface area is 422 Å². The van der Waals surface area contributed by atoms with Gasteiger partial charge in [0.15, 0.2) is 24.8 Å². The highest BCUT2D eigenvalue weighted by atomic mass is 16.8. The molecule has 9 unspecified atom stereocenters. The minimum Gasteiger partial charge on any atom is -0.497 e. The van der Waals surface area contributed by atoms with Crippen molar-refractivity contribution < 1.29 is 77.5 Å². The number of methoxy groups -OCH3 is 1. The van der Waals surface area contributed by atoms with Crippen molar-refractivity contribution in [3.63, 3.8) is 0 Å². The second-order valence-corrected chi connectivity index (χ2v) is 21.9. The molecule has 0 spiro atoms. The maximum atomic E-state index is 14.3. The Bertz CT molecular complexity index is 2260. The molecule has 2 heterocycles. The second kappa shape index (κ2) is 22.2. The van der Waals surface area contributed by atoms with Crippen LogP contribution in [0.3, 0.4) is 0 Å². The third-order valence-corrected chi connectivity index (χ3v) is 17.3. The van der Waals surface area contributed by atoms with E-state index in [1.165, 1.54) is 31.7 Å². The molecule has 1 amide bonds. The number of carbonyl (C=O) groups excluding carboxylic acids is 4. The van der Waals surface area contributed by atoms with Crippen LogP contribution >= 0.6 is 0 Å². The molecule has 72 heavy (non-hydrogen) atoms. The first-order valence-corrected chi connectivity index (χ1v) is 25.8. The minimum atomic E-state index is -1.72. The van der Waals surface area contributed by atoms with Crippen molar-refractivity contribution in [1.82, 2.24) is 5.32 Å². The number of ether oxygens (including phenoxy) is 8. The number of carbonyl (C=O) groups is 4. The monoisotopic (exact) mass is 1010 g/mol. The topological polar surface area (TPSA) is 235 Å². The number of esters is 2. The predicted octanol–water partition coefficient (Wildman–Crippen LogP) is 5.96. The molecule has 2 aliphatic heterocycles. The average molecular weight is 1010 g/mol. The van der Waals surface area contributed by atoms with Gasteiger partial charge in [-0.1, -0.05) is 76.6 Å².